The zero-order valence-corrected chi connectivity index (χ0v) is 5.79. The fourth-order valence-corrected chi connectivity index (χ4v) is 1.34. The average Bonchev–Trinajstić information content (AvgIpc) is 1.90. The van der Waals surface area contributed by atoms with Crippen LogP contribution >= 0.6 is 11.8 Å². The summed E-state index contributed by atoms with van der Waals surface area (Å²) in [4.78, 5) is 1.38. The summed E-state index contributed by atoms with van der Waals surface area (Å²) in [6.07, 6.45) is 8.44. The number of allylic oxidation sites excluding steroid dienone is 3. The van der Waals surface area contributed by atoms with Gasteiger partial charge in [-0.05, 0) is 17.4 Å². The number of thioether (sulfide) groups is 1. The highest BCUT2D eigenvalue weighted by molar-refractivity contribution is 8.03. The molecular formula is C7H9S. The first-order valence-electron chi connectivity index (χ1n) is 2.83. The lowest BCUT2D eigenvalue weighted by Crippen LogP contribution is -1.81. The first kappa shape index (κ1) is 5.96. The Kier molecular flexibility index (Phi) is 2.22. The molecule has 0 aliphatic carbocycles. The molecular weight excluding hydrogens is 116 g/mol. The molecule has 1 heteroatoms. The normalized spacial score (nSPS) is 18.4. The van der Waals surface area contributed by atoms with E-state index >= 15 is 0 Å². The molecule has 0 saturated heterocycles. The Bertz CT molecular complexity index is 122. The van der Waals surface area contributed by atoms with Crippen molar-refractivity contribution in [3.63, 3.8) is 0 Å². The zero-order valence-electron chi connectivity index (χ0n) is 4.98. The Morgan fingerprint density at radius 1 is 1.88 bits per heavy atom. The summed E-state index contributed by atoms with van der Waals surface area (Å²) in [6.45, 7) is 2.16. The lowest BCUT2D eigenvalue weighted by molar-refractivity contribution is 1.19. The summed E-state index contributed by atoms with van der Waals surface area (Å²) >= 11 is 1.88. The number of rotatable bonds is 1. The lowest BCUT2D eigenvalue weighted by Gasteiger charge is -2.02. The van der Waals surface area contributed by atoms with Crippen LogP contribution in [0.3, 0.4) is 0 Å². The van der Waals surface area contributed by atoms with E-state index in [2.05, 4.69) is 19.1 Å². The van der Waals surface area contributed by atoms with Crippen LogP contribution in [-0.2, 0) is 0 Å². The van der Waals surface area contributed by atoms with Crippen LogP contribution in [0.2, 0.25) is 0 Å². The van der Waals surface area contributed by atoms with Crippen molar-refractivity contribution in [2.24, 2.45) is 0 Å². The minimum Gasteiger partial charge on any atom is -0.126 e. The molecule has 0 amide bonds. The van der Waals surface area contributed by atoms with Crippen LogP contribution in [0, 0.1) is 6.08 Å². The van der Waals surface area contributed by atoms with Crippen molar-refractivity contribution in [2.75, 3.05) is 5.75 Å². The molecule has 0 aromatic carbocycles. The third kappa shape index (κ3) is 1.41. The minimum atomic E-state index is 1.13. The molecule has 0 bridgehead atoms. The molecule has 0 nitrogen and oxygen atoms in total. The maximum absolute atomic E-state index is 3.17. The summed E-state index contributed by atoms with van der Waals surface area (Å²) in [7, 11) is 0. The van der Waals surface area contributed by atoms with Crippen LogP contribution in [0.15, 0.2) is 17.1 Å². The van der Waals surface area contributed by atoms with Gasteiger partial charge in [0.05, 0.1) is 0 Å². The zero-order chi connectivity index (χ0) is 5.82. The van der Waals surface area contributed by atoms with Gasteiger partial charge in [-0.2, -0.15) is 0 Å². The largest absolute Gasteiger partial charge is 0.126 e. The monoisotopic (exact) mass is 125 g/mol. The molecule has 0 unspecified atom stereocenters. The Morgan fingerprint density at radius 2 is 2.75 bits per heavy atom. The topological polar surface area (TPSA) is 0 Å². The van der Waals surface area contributed by atoms with Crippen molar-refractivity contribution in [1.29, 1.82) is 0 Å². The van der Waals surface area contributed by atoms with Crippen LogP contribution in [0.5, 0.6) is 0 Å². The van der Waals surface area contributed by atoms with Gasteiger partial charge in [0.2, 0.25) is 0 Å². The van der Waals surface area contributed by atoms with Crippen molar-refractivity contribution in [2.45, 2.75) is 13.3 Å². The van der Waals surface area contributed by atoms with E-state index in [1.165, 1.54) is 4.91 Å². The molecule has 1 heterocycles. The maximum Gasteiger partial charge on any atom is 0.0161 e. The molecule has 8 heavy (non-hydrogen) atoms. The Balaban J connectivity index is 2.50. The SMILES string of the molecule is CCC1=[C]C=CCS1. The molecule has 1 rings (SSSR count). The Labute approximate surface area is 54.7 Å². The number of hydrogen-bond acceptors (Lipinski definition) is 1. The van der Waals surface area contributed by atoms with Crippen LogP contribution in [0.25, 0.3) is 0 Å². The molecule has 0 atom stereocenters. The summed E-state index contributed by atoms with van der Waals surface area (Å²) in [6, 6.07) is 0. The van der Waals surface area contributed by atoms with Gasteiger partial charge >= 0.3 is 0 Å². The van der Waals surface area contributed by atoms with Gasteiger partial charge in [-0.3, -0.25) is 0 Å². The summed E-state index contributed by atoms with van der Waals surface area (Å²) < 4.78 is 0. The fourth-order valence-electron chi connectivity index (χ4n) is 0.594. The van der Waals surface area contributed by atoms with E-state index in [1.807, 2.05) is 17.8 Å². The van der Waals surface area contributed by atoms with E-state index in [-0.39, 0.29) is 0 Å². The van der Waals surface area contributed by atoms with Gasteiger partial charge < -0.3 is 0 Å². The standard InChI is InChI=1S/C7H9S/c1-2-7-5-3-4-6-8-7/h3-4H,2,6H2,1H3. The summed E-state index contributed by atoms with van der Waals surface area (Å²) in [5, 5.41) is 0. The minimum absolute atomic E-state index is 1.13. The predicted octanol–water partition coefficient (Wildman–Crippen LogP) is 2.39. The van der Waals surface area contributed by atoms with E-state index in [1.54, 1.807) is 0 Å². The summed E-state index contributed by atoms with van der Waals surface area (Å²) in [5.74, 6) is 1.14. The maximum atomic E-state index is 3.17. The van der Waals surface area contributed by atoms with E-state index < -0.39 is 0 Å². The quantitative estimate of drug-likeness (QED) is 0.518. The van der Waals surface area contributed by atoms with Crippen LogP contribution in [0.4, 0.5) is 0 Å². The van der Waals surface area contributed by atoms with Crippen LogP contribution in [-0.4, -0.2) is 5.75 Å². The first-order chi connectivity index (χ1) is 3.93. The molecule has 1 radical (unpaired) electrons. The third-order valence-electron chi connectivity index (χ3n) is 1.04. The number of hydrogen-bond donors (Lipinski definition) is 0. The molecule has 43 valence electrons. The first-order valence-corrected chi connectivity index (χ1v) is 3.82. The van der Waals surface area contributed by atoms with Crippen molar-refractivity contribution >= 4 is 11.8 Å². The highest BCUT2D eigenvalue weighted by atomic mass is 32.2. The third-order valence-corrected chi connectivity index (χ3v) is 2.15. The molecule has 0 saturated carbocycles. The Morgan fingerprint density at radius 3 is 3.12 bits per heavy atom. The second-order valence-electron chi connectivity index (χ2n) is 1.63. The van der Waals surface area contributed by atoms with Gasteiger partial charge in [-0.1, -0.05) is 19.1 Å². The molecule has 0 aromatic heterocycles. The second kappa shape index (κ2) is 2.98. The Hall–Kier alpha value is -0.170. The van der Waals surface area contributed by atoms with Gasteiger partial charge in [0.1, 0.15) is 0 Å². The molecule has 0 fully saturated rings. The molecule has 1 aliphatic rings. The van der Waals surface area contributed by atoms with Crippen molar-refractivity contribution in [3.8, 4) is 0 Å². The van der Waals surface area contributed by atoms with Gasteiger partial charge in [-0.15, -0.1) is 11.8 Å². The summed E-state index contributed by atoms with van der Waals surface area (Å²) in [5.41, 5.74) is 0. The lowest BCUT2D eigenvalue weighted by atomic mass is 10.4. The van der Waals surface area contributed by atoms with Crippen molar-refractivity contribution < 1.29 is 0 Å². The van der Waals surface area contributed by atoms with E-state index in [4.69, 9.17) is 0 Å². The highest BCUT2D eigenvalue weighted by Gasteiger charge is 1.94. The molecule has 0 aromatic rings. The van der Waals surface area contributed by atoms with Gasteiger partial charge in [0.25, 0.3) is 0 Å². The molecule has 0 N–H and O–H groups in total. The predicted molar refractivity (Wildman–Crippen MR) is 38.6 cm³/mol. The van der Waals surface area contributed by atoms with E-state index in [0.29, 0.717) is 0 Å². The van der Waals surface area contributed by atoms with Crippen molar-refractivity contribution in [1.82, 2.24) is 0 Å². The van der Waals surface area contributed by atoms with Gasteiger partial charge in [0.15, 0.2) is 0 Å². The fraction of sp³-hybridized carbons (Fsp3) is 0.429. The highest BCUT2D eigenvalue weighted by Crippen LogP contribution is 2.21. The van der Waals surface area contributed by atoms with Crippen molar-refractivity contribution in [3.05, 3.63) is 23.1 Å². The van der Waals surface area contributed by atoms with Gasteiger partial charge in [0, 0.05) is 5.75 Å². The molecule has 1 aliphatic heterocycles. The smallest absolute Gasteiger partial charge is 0.0161 e. The van der Waals surface area contributed by atoms with Crippen LogP contribution < -0.4 is 0 Å². The molecule has 0 spiro atoms. The van der Waals surface area contributed by atoms with E-state index in [0.717, 1.165) is 12.2 Å². The van der Waals surface area contributed by atoms with E-state index in [9.17, 15) is 0 Å². The second-order valence-corrected chi connectivity index (χ2v) is 2.75. The average molecular weight is 125 g/mol. The van der Waals surface area contributed by atoms with Gasteiger partial charge in [-0.25, -0.2) is 0 Å². The van der Waals surface area contributed by atoms with Crippen LogP contribution in [0.1, 0.15) is 13.3 Å².